The fourth-order valence-electron chi connectivity index (χ4n) is 1.07. The van der Waals surface area contributed by atoms with Gasteiger partial charge in [-0.05, 0) is 12.1 Å². The number of carbonyl (C=O) groups excluding carboxylic acids is 1. The molecule has 1 amide bonds. The molecule has 0 aromatic heterocycles. The monoisotopic (exact) mass is 259 g/mol. The van der Waals surface area contributed by atoms with Crippen molar-refractivity contribution >= 4 is 16.5 Å². The van der Waals surface area contributed by atoms with E-state index in [1.807, 2.05) is 0 Å². The van der Waals surface area contributed by atoms with Crippen molar-refractivity contribution in [3.05, 3.63) is 30.3 Å². The molecule has 0 spiro atoms. The van der Waals surface area contributed by atoms with E-state index >= 15 is 0 Å². The van der Waals surface area contributed by atoms with E-state index < -0.39 is 22.8 Å². The van der Waals surface area contributed by atoms with E-state index in [0.29, 0.717) is 6.41 Å². The molecule has 17 heavy (non-hydrogen) atoms. The lowest BCUT2D eigenvalue weighted by atomic mass is 10.4. The number of hydrogen-bond acceptors (Lipinski definition) is 5. The smallest absolute Gasteiger partial charge is 0.297 e. The Balaban J connectivity index is 2.54. The summed E-state index contributed by atoms with van der Waals surface area (Å²) < 4.78 is 27.8. The molecule has 0 saturated carbocycles. The van der Waals surface area contributed by atoms with Gasteiger partial charge in [0, 0.05) is 6.54 Å². The van der Waals surface area contributed by atoms with Gasteiger partial charge in [0.2, 0.25) is 6.41 Å². The molecule has 1 unspecified atom stereocenters. The summed E-state index contributed by atoms with van der Waals surface area (Å²) in [6.07, 6.45) is -0.659. The maximum atomic E-state index is 11.6. The lowest BCUT2D eigenvalue weighted by molar-refractivity contribution is -0.110. The normalized spacial score (nSPS) is 13.0. The van der Waals surface area contributed by atoms with Crippen molar-refractivity contribution in [3.8, 4) is 0 Å². The van der Waals surface area contributed by atoms with Crippen LogP contribution in [0.5, 0.6) is 0 Å². The van der Waals surface area contributed by atoms with Crippen LogP contribution in [0.3, 0.4) is 0 Å². The van der Waals surface area contributed by atoms with Crippen LogP contribution in [-0.2, 0) is 19.1 Å². The van der Waals surface area contributed by atoms with Gasteiger partial charge in [0.1, 0.15) is 0 Å². The van der Waals surface area contributed by atoms with E-state index in [4.69, 9.17) is 0 Å². The van der Waals surface area contributed by atoms with Crippen LogP contribution in [0.1, 0.15) is 0 Å². The second-order valence-corrected chi connectivity index (χ2v) is 4.85. The van der Waals surface area contributed by atoms with Gasteiger partial charge in [0.15, 0.2) is 0 Å². The second-order valence-electron chi connectivity index (χ2n) is 3.23. The zero-order valence-electron chi connectivity index (χ0n) is 8.94. The van der Waals surface area contributed by atoms with Gasteiger partial charge in [-0.2, -0.15) is 8.42 Å². The Labute approximate surface area is 99.3 Å². The third-order valence-corrected chi connectivity index (χ3v) is 3.18. The van der Waals surface area contributed by atoms with Crippen LogP contribution in [0, 0.1) is 0 Å². The Kier molecular flexibility index (Phi) is 5.08. The highest BCUT2D eigenvalue weighted by Gasteiger charge is 2.16. The molecule has 1 rings (SSSR count). The highest BCUT2D eigenvalue weighted by molar-refractivity contribution is 7.86. The summed E-state index contributed by atoms with van der Waals surface area (Å²) in [6, 6.07) is 7.61. The first-order valence-electron chi connectivity index (χ1n) is 4.86. The van der Waals surface area contributed by atoms with Crippen molar-refractivity contribution in [3.63, 3.8) is 0 Å². The minimum Gasteiger partial charge on any atom is -0.389 e. The van der Waals surface area contributed by atoms with Crippen LogP contribution in [-0.4, -0.2) is 39.2 Å². The number of aliphatic hydroxyl groups is 1. The summed E-state index contributed by atoms with van der Waals surface area (Å²) in [4.78, 5) is 9.97. The molecule has 0 bridgehead atoms. The number of amides is 1. The quantitative estimate of drug-likeness (QED) is 0.508. The molecule has 1 aromatic rings. The zero-order chi connectivity index (χ0) is 12.7. The van der Waals surface area contributed by atoms with Crippen molar-refractivity contribution < 1.29 is 22.5 Å². The maximum Gasteiger partial charge on any atom is 0.297 e. The Morgan fingerprint density at radius 2 is 2.00 bits per heavy atom. The summed E-state index contributed by atoms with van der Waals surface area (Å²) in [7, 11) is -3.86. The van der Waals surface area contributed by atoms with E-state index in [-0.39, 0.29) is 11.4 Å². The molecular formula is C10H13NO5S. The molecule has 2 N–H and O–H groups in total. The van der Waals surface area contributed by atoms with Gasteiger partial charge in [-0.25, -0.2) is 0 Å². The van der Waals surface area contributed by atoms with E-state index in [9.17, 15) is 18.3 Å². The summed E-state index contributed by atoms with van der Waals surface area (Å²) >= 11 is 0. The van der Waals surface area contributed by atoms with Gasteiger partial charge in [0.25, 0.3) is 10.1 Å². The van der Waals surface area contributed by atoms with E-state index in [1.54, 1.807) is 18.2 Å². The molecule has 0 heterocycles. The summed E-state index contributed by atoms with van der Waals surface area (Å²) in [5.41, 5.74) is 0. The largest absolute Gasteiger partial charge is 0.389 e. The minimum absolute atomic E-state index is 0.0237. The van der Waals surface area contributed by atoms with E-state index in [2.05, 4.69) is 9.50 Å². The molecule has 0 saturated heterocycles. The van der Waals surface area contributed by atoms with Gasteiger partial charge in [0.05, 0.1) is 17.6 Å². The van der Waals surface area contributed by atoms with Gasteiger partial charge >= 0.3 is 0 Å². The average Bonchev–Trinajstić information content (AvgIpc) is 2.35. The fourth-order valence-corrected chi connectivity index (χ4v) is 2.03. The Morgan fingerprint density at radius 1 is 1.35 bits per heavy atom. The topological polar surface area (TPSA) is 92.7 Å². The lowest BCUT2D eigenvalue weighted by Gasteiger charge is -2.10. The van der Waals surface area contributed by atoms with Crippen LogP contribution in [0.4, 0.5) is 0 Å². The molecule has 0 fully saturated rings. The highest BCUT2D eigenvalue weighted by atomic mass is 32.2. The molecular weight excluding hydrogens is 246 g/mol. The first-order valence-corrected chi connectivity index (χ1v) is 6.26. The van der Waals surface area contributed by atoms with Gasteiger partial charge in [-0.1, -0.05) is 18.2 Å². The number of hydrogen-bond donors (Lipinski definition) is 2. The molecule has 94 valence electrons. The van der Waals surface area contributed by atoms with Crippen LogP contribution < -0.4 is 5.32 Å². The number of nitrogens with one attached hydrogen (secondary N) is 1. The molecule has 1 atom stereocenters. The predicted molar refractivity (Wildman–Crippen MR) is 59.7 cm³/mol. The molecule has 6 nitrogen and oxygen atoms in total. The fraction of sp³-hybridized carbons (Fsp3) is 0.300. The minimum atomic E-state index is -3.86. The SMILES string of the molecule is O=CNCC(O)COS(=O)(=O)c1ccccc1. The van der Waals surface area contributed by atoms with Crippen LogP contribution in [0.15, 0.2) is 35.2 Å². The van der Waals surface area contributed by atoms with Gasteiger partial charge in [-0.15, -0.1) is 0 Å². The first-order chi connectivity index (χ1) is 8.06. The van der Waals surface area contributed by atoms with Crippen LogP contribution >= 0.6 is 0 Å². The standard InChI is InChI=1S/C10H13NO5S/c12-8-11-6-9(13)7-16-17(14,15)10-4-2-1-3-5-10/h1-5,8-9,13H,6-7H2,(H,11,12). The van der Waals surface area contributed by atoms with Gasteiger partial charge < -0.3 is 10.4 Å². The maximum absolute atomic E-state index is 11.6. The van der Waals surface area contributed by atoms with Crippen molar-refractivity contribution in [2.75, 3.05) is 13.2 Å². The van der Waals surface area contributed by atoms with Crippen molar-refractivity contribution in [1.82, 2.24) is 5.32 Å². The van der Waals surface area contributed by atoms with E-state index in [0.717, 1.165) is 0 Å². The Morgan fingerprint density at radius 3 is 2.59 bits per heavy atom. The molecule has 7 heteroatoms. The molecule has 1 aromatic carbocycles. The molecule has 0 aliphatic carbocycles. The number of aliphatic hydroxyl groups excluding tert-OH is 1. The van der Waals surface area contributed by atoms with Crippen LogP contribution in [0.2, 0.25) is 0 Å². The molecule has 0 aliphatic rings. The number of benzene rings is 1. The Hall–Kier alpha value is -1.44. The third kappa shape index (κ3) is 4.51. The van der Waals surface area contributed by atoms with E-state index in [1.165, 1.54) is 12.1 Å². The lowest BCUT2D eigenvalue weighted by Crippen LogP contribution is -2.30. The first kappa shape index (κ1) is 13.6. The number of carbonyl (C=O) groups is 1. The highest BCUT2D eigenvalue weighted by Crippen LogP contribution is 2.11. The van der Waals surface area contributed by atoms with Crippen molar-refractivity contribution in [2.45, 2.75) is 11.0 Å². The van der Waals surface area contributed by atoms with Crippen molar-refractivity contribution in [1.29, 1.82) is 0 Å². The number of rotatable bonds is 7. The third-order valence-electron chi connectivity index (χ3n) is 1.88. The Bertz CT molecular complexity index is 445. The zero-order valence-corrected chi connectivity index (χ0v) is 9.76. The van der Waals surface area contributed by atoms with Gasteiger partial charge in [-0.3, -0.25) is 8.98 Å². The summed E-state index contributed by atoms with van der Waals surface area (Å²) in [5, 5.41) is 11.5. The average molecular weight is 259 g/mol. The van der Waals surface area contributed by atoms with Crippen molar-refractivity contribution in [2.24, 2.45) is 0 Å². The van der Waals surface area contributed by atoms with Crippen LogP contribution in [0.25, 0.3) is 0 Å². The summed E-state index contributed by atoms with van der Waals surface area (Å²) in [6.45, 7) is -0.466. The predicted octanol–water partition coefficient (Wildman–Crippen LogP) is -0.501. The summed E-state index contributed by atoms with van der Waals surface area (Å²) in [5.74, 6) is 0. The molecule has 0 radical (unpaired) electrons. The molecule has 0 aliphatic heterocycles. The second kappa shape index (κ2) is 6.33.